The van der Waals surface area contributed by atoms with Crippen molar-refractivity contribution < 1.29 is 14.3 Å². The van der Waals surface area contributed by atoms with Crippen LogP contribution in [-0.2, 0) is 9.53 Å². The van der Waals surface area contributed by atoms with E-state index >= 15 is 0 Å². The lowest BCUT2D eigenvalue weighted by atomic mass is 10.2. The van der Waals surface area contributed by atoms with Crippen molar-refractivity contribution in [3.63, 3.8) is 0 Å². The predicted molar refractivity (Wildman–Crippen MR) is 94.6 cm³/mol. The average molecular weight is 336 g/mol. The Labute approximate surface area is 144 Å². The van der Waals surface area contributed by atoms with Gasteiger partial charge in [0.05, 0.1) is 12.7 Å². The van der Waals surface area contributed by atoms with Crippen LogP contribution in [0.1, 0.15) is 10.4 Å². The van der Waals surface area contributed by atoms with Crippen LogP contribution in [0.2, 0.25) is 0 Å². The number of ether oxygens (including phenoxy) is 1. The predicted octanol–water partition coefficient (Wildman–Crippen LogP) is 2.51. The van der Waals surface area contributed by atoms with Crippen LogP contribution in [-0.4, -0.2) is 19.0 Å². The molecule has 2 aromatic rings. The van der Waals surface area contributed by atoms with Gasteiger partial charge >= 0.3 is 5.97 Å². The molecule has 2 aromatic carbocycles. The van der Waals surface area contributed by atoms with Gasteiger partial charge in [-0.05, 0) is 48.5 Å². The second kappa shape index (κ2) is 8.17. The summed E-state index contributed by atoms with van der Waals surface area (Å²) in [4.78, 5) is 23.5. The Morgan fingerprint density at radius 2 is 1.68 bits per heavy atom. The van der Waals surface area contributed by atoms with Gasteiger partial charge in [-0.2, -0.15) is 5.26 Å². The lowest BCUT2D eigenvalue weighted by molar-refractivity contribution is -0.112. The second-order valence-electron chi connectivity index (χ2n) is 4.96. The van der Waals surface area contributed by atoms with Gasteiger partial charge < -0.3 is 21.1 Å². The van der Waals surface area contributed by atoms with E-state index < -0.39 is 11.9 Å². The molecule has 1 amide bonds. The van der Waals surface area contributed by atoms with Crippen molar-refractivity contribution in [3.05, 3.63) is 65.9 Å². The van der Waals surface area contributed by atoms with E-state index in [0.29, 0.717) is 22.6 Å². The molecule has 0 spiro atoms. The highest BCUT2D eigenvalue weighted by atomic mass is 16.5. The highest BCUT2D eigenvalue weighted by molar-refractivity contribution is 6.06. The fourth-order valence-corrected chi connectivity index (χ4v) is 1.89. The Morgan fingerprint density at radius 3 is 2.24 bits per heavy atom. The molecule has 4 N–H and O–H groups in total. The van der Waals surface area contributed by atoms with Gasteiger partial charge in [0.25, 0.3) is 5.91 Å². The normalized spacial score (nSPS) is 10.5. The summed E-state index contributed by atoms with van der Waals surface area (Å²) in [5, 5.41) is 14.6. The fourth-order valence-electron chi connectivity index (χ4n) is 1.89. The summed E-state index contributed by atoms with van der Waals surface area (Å²) in [6, 6.07) is 14.8. The summed E-state index contributed by atoms with van der Waals surface area (Å²) in [6.45, 7) is 0. The van der Waals surface area contributed by atoms with Crippen LogP contribution in [0.15, 0.2) is 60.3 Å². The van der Waals surface area contributed by atoms with Crippen molar-refractivity contribution in [2.24, 2.45) is 0 Å². The molecule has 7 heteroatoms. The van der Waals surface area contributed by atoms with Crippen molar-refractivity contribution in [3.8, 4) is 6.07 Å². The Kier molecular flexibility index (Phi) is 5.74. The zero-order valence-corrected chi connectivity index (χ0v) is 13.4. The molecule has 0 aliphatic carbocycles. The smallest absolute Gasteiger partial charge is 0.337 e. The van der Waals surface area contributed by atoms with E-state index in [9.17, 15) is 9.59 Å². The molecule has 0 fully saturated rings. The zero-order chi connectivity index (χ0) is 18.2. The fraction of sp³-hybridized carbons (Fsp3) is 0.0556. The van der Waals surface area contributed by atoms with Gasteiger partial charge in [-0.15, -0.1) is 0 Å². The van der Waals surface area contributed by atoms with Gasteiger partial charge in [-0.3, -0.25) is 4.79 Å². The molecule has 25 heavy (non-hydrogen) atoms. The van der Waals surface area contributed by atoms with Gasteiger partial charge in [0.15, 0.2) is 0 Å². The van der Waals surface area contributed by atoms with Crippen molar-refractivity contribution in [2.45, 2.75) is 0 Å². The third-order valence-electron chi connectivity index (χ3n) is 3.22. The molecule has 2 rings (SSSR count). The largest absolute Gasteiger partial charge is 0.465 e. The third-order valence-corrected chi connectivity index (χ3v) is 3.22. The van der Waals surface area contributed by atoms with Crippen LogP contribution in [0.5, 0.6) is 0 Å². The number of rotatable bonds is 5. The maximum absolute atomic E-state index is 12.1. The Morgan fingerprint density at radius 1 is 1.08 bits per heavy atom. The molecule has 0 atom stereocenters. The molecule has 0 aliphatic heterocycles. The van der Waals surface area contributed by atoms with E-state index in [4.69, 9.17) is 11.0 Å². The van der Waals surface area contributed by atoms with Crippen LogP contribution in [0.3, 0.4) is 0 Å². The third kappa shape index (κ3) is 4.84. The minimum absolute atomic E-state index is 0.103. The lowest BCUT2D eigenvalue weighted by Gasteiger charge is -2.06. The first-order valence-electron chi connectivity index (χ1n) is 7.25. The monoisotopic (exact) mass is 336 g/mol. The molecule has 7 nitrogen and oxygen atoms in total. The van der Waals surface area contributed by atoms with E-state index in [2.05, 4.69) is 15.4 Å². The number of nitrogens with two attached hydrogens (primary N) is 1. The molecule has 0 unspecified atom stereocenters. The van der Waals surface area contributed by atoms with Crippen LogP contribution < -0.4 is 16.4 Å². The zero-order valence-electron chi connectivity index (χ0n) is 13.4. The molecule has 0 bridgehead atoms. The van der Waals surface area contributed by atoms with Gasteiger partial charge in [0.1, 0.15) is 11.6 Å². The maximum Gasteiger partial charge on any atom is 0.337 e. The minimum Gasteiger partial charge on any atom is -0.465 e. The molecular formula is C18H16N4O3. The summed E-state index contributed by atoms with van der Waals surface area (Å²) in [6.07, 6.45) is 1.29. The van der Waals surface area contributed by atoms with Crippen LogP contribution >= 0.6 is 0 Å². The van der Waals surface area contributed by atoms with Gasteiger partial charge in [-0.1, -0.05) is 0 Å². The van der Waals surface area contributed by atoms with E-state index in [1.807, 2.05) is 6.07 Å². The topological polar surface area (TPSA) is 117 Å². The number of nitrogens with one attached hydrogen (secondary N) is 2. The highest BCUT2D eigenvalue weighted by Gasteiger charge is 2.09. The molecule has 0 saturated heterocycles. The van der Waals surface area contributed by atoms with Crippen molar-refractivity contribution >= 4 is 28.9 Å². The van der Waals surface area contributed by atoms with Crippen LogP contribution in [0, 0.1) is 11.3 Å². The first-order chi connectivity index (χ1) is 12.0. The summed E-state index contributed by atoms with van der Waals surface area (Å²) >= 11 is 0. The number of esters is 1. The van der Waals surface area contributed by atoms with Gasteiger partial charge in [0, 0.05) is 23.3 Å². The van der Waals surface area contributed by atoms with Crippen LogP contribution in [0.4, 0.5) is 17.1 Å². The number of hydrogen-bond donors (Lipinski definition) is 3. The number of anilines is 3. The molecule has 0 saturated carbocycles. The summed E-state index contributed by atoms with van der Waals surface area (Å²) < 4.78 is 4.61. The standard InChI is InChI=1S/C18H16N4O3/c1-25-18(24)12-2-6-15(7-3-12)21-11-13(10-19)17(23)22-16-8-4-14(20)5-9-16/h2-9,11,21H,20H2,1H3,(H,22,23)/b13-11-. The second-order valence-corrected chi connectivity index (χ2v) is 4.96. The summed E-state index contributed by atoms with van der Waals surface area (Å²) in [5.41, 5.74) is 7.59. The number of nitrogen functional groups attached to an aromatic ring is 1. The number of methoxy groups -OCH3 is 1. The van der Waals surface area contributed by atoms with Gasteiger partial charge in [-0.25, -0.2) is 4.79 Å². The number of carbonyl (C=O) groups is 2. The first-order valence-corrected chi connectivity index (χ1v) is 7.25. The molecular weight excluding hydrogens is 320 g/mol. The Hall–Kier alpha value is -3.79. The SMILES string of the molecule is COC(=O)c1ccc(N/C=C(/C#N)C(=O)Nc2ccc(N)cc2)cc1. The van der Waals surface area contributed by atoms with E-state index in [1.165, 1.54) is 13.3 Å². The number of amides is 1. The van der Waals surface area contributed by atoms with E-state index in [1.54, 1.807) is 48.5 Å². The summed E-state index contributed by atoms with van der Waals surface area (Å²) in [7, 11) is 1.30. The number of carbonyl (C=O) groups excluding carboxylic acids is 2. The van der Waals surface area contributed by atoms with Gasteiger partial charge in [0.2, 0.25) is 0 Å². The minimum atomic E-state index is -0.550. The number of nitriles is 1. The Balaban J connectivity index is 2.04. The highest BCUT2D eigenvalue weighted by Crippen LogP contribution is 2.13. The molecule has 0 aromatic heterocycles. The van der Waals surface area contributed by atoms with E-state index in [0.717, 1.165) is 0 Å². The van der Waals surface area contributed by atoms with Crippen molar-refractivity contribution in [1.82, 2.24) is 0 Å². The van der Waals surface area contributed by atoms with E-state index in [-0.39, 0.29) is 5.57 Å². The number of hydrogen-bond acceptors (Lipinski definition) is 6. The molecule has 0 radical (unpaired) electrons. The molecule has 126 valence electrons. The lowest BCUT2D eigenvalue weighted by Crippen LogP contribution is -2.14. The Bertz CT molecular complexity index is 834. The van der Waals surface area contributed by atoms with Crippen molar-refractivity contribution in [2.75, 3.05) is 23.5 Å². The number of benzene rings is 2. The quantitative estimate of drug-likeness (QED) is 0.334. The molecule has 0 aliphatic rings. The average Bonchev–Trinajstić information content (AvgIpc) is 2.64. The maximum atomic E-state index is 12.1. The van der Waals surface area contributed by atoms with Crippen molar-refractivity contribution in [1.29, 1.82) is 5.26 Å². The van der Waals surface area contributed by atoms with Crippen LogP contribution in [0.25, 0.3) is 0 Å². The molecule has 0 heterocycles. The first kappa shape index (κ1) is 17.6. The summed E-state index contributed by atoms with van der Waals surface area (Å²) in [5.74, 6) is -0.992. The number of nitrogens with zero attached hydrogens (tertiary/aromatic N) is 1.